The van der Waals surface area contributed by atoms with Crippen LogP contribution in [-0.2, 0) is 19.1 Å². The molecule has 1 aliphatic rings. The van der Waals surface area contributed by atoms with E-state index >= 15 is 0 Å². The second-order valence-corrected chi connectivity index (χ2v) is 5.02. The van der Waals surface area contributed by atoms with Gasteiger partial charge in [0.15, 0.2) is 5.69 Å². The van der Waals surface area contributed by atoms with Gasteiger partial charge in [0, 0.05) is 13.1 Å². The number of hydrogen-bond donors (Lipinski definition) is 0. The van der Waals surface area contributed by atoms with Crippen LogP contribution in [-0.4, -0.2) is 16.5 Å². The zero-order chi connectivity index (χ0) is 15.7. The molecule has 7 heteroatoms. The first-order valence-corrected chi connectivity index (χ1v) is 6.63. The summed E-state index contributed by atoms with van der Waals surface area (Å²) in [6.45, 7) is 1.04. The maximum atomic E-state index is 12.7. The average molecular weight is 304 g/mol. The number of fused-ring (bicyclic) bond motifs is 1. The van der Waals surface area contributed by atoms with E-state index in [2.05, 4.69) is 9.97 Å². The van der Waals surface area contributed by atoms with Crippen molar-refractivity contribution in [1.29, 1.82) is 5.26 Å². The van der Waals surface area contributed by atoms with Crippen LogP contribution >= 0.6 is 0 Å². The van der Waals surface area contributed by atoms with Gasteiger partial charge in [-0.1, -0.05) is 6.07 Å². The Morgan fingerprint density at radius 3 is 2.59 bits per heavy atom. The van der Waals surface area contributed by atoms with Gasteiger partial charge in [-0.2, -0.15) is 18.4 Å². The van der Waals surface area contributed by atoms with E-state index in [9.17, 15) is 13.2 Å². The lowest BCUT2D eigenvalue weighted by Crippen LogP contribution is -2.31. The average Bonchev–Trinajstić information content (AvgIpc) is 2.53. The zero-order valence-electron chi connectivity index (χ0n) is 11.4. The Morgan fingerprint density at radius 2 is 1.95 bits per heavy atom. The number of anilines is 1. The maximum Gasteiger partial charge on any atom is 0.416 e. The molecule has 0 unspecified atom stereocenters. The molecule has 0 atom stereocenters. The van der Waals surface area contributed by atoms with Crippen molar-refractivity contribution in [1.82, 2.24) is 9.97 Å². The van der Waals surface area contributed by atoms with Crippen LogP contribution < -0.4 is 4.90 Å². The third-order valence-corrected chi connectivity index (χ3v) is 3.62. The van der Waals surface area contributed by atoms with Gasteiger partial charge in [0.25, 0.3) is 0 Å². The Kier molecular flexibility index (Phi) is 3.45. The molecule has 1 aromatic carbocycles. The first-order valence-electron chi connectivity index (χ1n) is 6.63. The summed E-state index contributed by atoms with van der Waals surface area (Å²) in [6.07, 6.45) is -0.906. The number of rotatable bonds is 1. The molecule has 0 bridgehead atoms. The molecule has 0 aliphatic carbocycles. The van der Waals surface area contributed by atoms with E-state index in [1.807, 2.05) is 11.0 Å². The van der Waals surface area contributed by atoms with Gasteiger partial charge in [-0.25, -0.2) is 9.97 Å². The van der Waals surface area contributed by atoms with E-state index < -0.39 is 11.7 Å². The molecule has 2 aromatic rings. The van der Waals surface area contributed by atoms with Gasteiger partial charge in [-0.15, -0.1) is 0 Å². The Bertz CT molecular complexity index is 732. The largest absolute Gasteiger partial charge is 0.416 e. The minimum Gasteiger partial charge on any atom is -0.351 e. The number of aromatic nitrogens is 2. The summed E-state index contributed by atoms with van der Waals surface area (Å²) in [5.41, 5.74) is 1.19. The lowest BCUT2D eigenvalue weighted by Gasteiger charge is -2.30. The smallest absolute Gasteiger partial charge is 0.351 e. The predicted octanol–water partition coefficient (Wildman–Crippen LogP) is 2.93. The van der Waals surface area contributed by atoms with E-state index in [1.165, 1.54) is 24.5 Å². The number of benzene rings is 1. The van der Waals surface area contributed by atoms with Crippen molar-refractivity contribution in [2.45, 2.75) is 19.1 Å². The van der Waals surface area contributed by atoms with Crippen LogP contribution in [0.2, 0.25) is 0 Å². The van der Waals surface area contributed by atoms with Crippen molar-refractivity contribution < 1.29 is 13.2 Å². The minimum absolute atomic E-state index is 0.232. The topological polar surface area (TPSA) is 52.8 Å². The Hall–Kier alpha value is -2.62. The molecular weight excluding hydrogens is 293 g/mol. The summed E-state index contributed by atoms with van der Waals surface area (Å²) in [6, 6.07) is 5.73. The molecule has 22 heavy (non-hydrogen) atoms. The van der Waals surface area contributed by atoms with Gasteiger partial charge in [-0.05, 0) is 29.7 Å². The van der Waals surface area contributed by atoms with Crippen LogP contribution in [0.5, 0.6) is 0 Å². The molecule has 3 rings (SSSR count). The van der Waals surface area contributed by atoms with Crippen LogP contribution in [0.3, 0.4) is 0 Å². The normalized spacial score (nSPS) is 14.4. The van der Waals surface area contributed by atoms with Crippen molar-refractivity contribution in [3.63, 3.8) is 0 Å². The fourth-order valence-electron chi connectivity index (χ4n) is 2.47. The molecule has 0 spiro atoms. The second-order valence-electron chi connectivity index (χ2n) is 5.02. The van der Waals surface area contributed by atoms with Crippen molar-refractivity contribution in [2.24, 2.45) is 0 Å². The van der Waals surface area contributed by atoms with E-state index in [-0.39, 0.29) is 5.69 Å². The van der Waals surface area contributed by atoms with Gasteiger partial charge in [0.2, 0.25) is 0 Å². The third kappa shape index (κ3) is 2.72. The summed E-state index contributed by atoms with van der Waals surface area (Å²) in [7, 11) is 0. The molecule has 0 radical (unpaired) electrons. The third-order valence-electron chi connectivity index (χ3n) is 3.62. The second kappa shape index (κ2) is 5.30. The predicted molar refractivity (Wildman–Crippen MR) is 72.9 cm³/mol. The van der Waals surface area contributed by atoms with E-state index in [0.717, 1.165) is 11.6 Å². The fourth-order valence-corrected chi connectivity index (χ4v) is 2.47. The standard InChI is InChI=1S/C15H11F3N4/c16-15(17,18)12-2-1-11-9-22(4-3-10(11)5-12)14-8-20-13(6-19)7-21-14/h1-2,5,7-8H,3-4,9H2. The first-order chi connectivity index (χ1) is 10.5. The summed E-state index contributed by atoms with van der Waals surface area (Å²) >= 11 is 0. The molecule has 0 amide bonds. The molecular formula is C15H11F3N4. The van der Waals surface area contributed by atoms with Crippen molar-refractivity contribution in [3.05, 3.63) is 53.0 Å². The number of hydrogen-bond acceptors (Lipinski definition) is 4. The molecule has 0 fully saturated rings. The van der Waals surface area contributed by atoms with Crippen LogP contribution in [0.25, 0.3) is 0 Å². The van der Waals surface area contributed by atoms with Gasteiger partial charge in [0.1, 0.15) is 11.9 Å². The summed E-state index contributed by atoms with van der Waals surface area (Å²) < 4.78 is 38.1. The van der Waals surface area contributed by atoms with Gasteiger partial charge < -0.3 is 4.90 Å². The summed E-state index contributed by atoms with van der Waals surface area (Å²) in [4.78, 5) is 10.1. The Labute approximate surface area is 124 Å². The van der Waals surface area contributed by atoms with Crippen molar-refractivity contribution in [3.8, 4) is 6.07 Å². The lowest BCUT2D eigenvalue weighted by atomic mass is 9.97. The van der Waals surface area contributed by atoms with Gasteiger partial charge in [0.05, 0.1) is 18.0 Å². The molecule has 4 nitrogen and oxygen atoms in total. The summed E-state index contributed by atoms with van der Waals surface area (Å²) in [5.74, 6) is 0.615. The molecule has 2 heterocycles. The number of alkyl halides is 3. The van der Waals surface area contributed by atoms with E-state index in [4.69, 9.17) is 5.26 Å². The Morgan fingerprint density at radius 1 is 1.14 bits per heavy atom. The van der Waals surface area contributed by atoms with Gasteiger partial charge in [-0.3, -0.25) is 0 Å². The van der Waals surface area contributed by atoms with Crippen molar-refractivity contribution in [2.75, 3.05) is 11.4 Å². The van der Waals surface area contributed by atoms with Crippen LogP contribution in [0.4, 0.5) is 19.0 Å². The van der Waals surface area contributed by atoms with Crippen LogP contribution in [0.1, 0.15) is 22.4 Å². The highest BCUT2D eigenvalue weighted by molar-refractivity contribution is 5.44. The number of nitriles is 1. The van der Waals surface area contributed by atoms with Crippen LogP contribution in [0.15, 0.2) is 30.6 Å². The molecule has 0 saturated carbocycles. The quantitative estimate of drug-likeness (QED) is 0.813. The maximum absolute atomic E-state index is 12.7. The minimum atomic E-state index is -4.31. The molecule has 1 aromatic heterocycles. The monoisotopic (exact) mass is 304 g/mol. The highest BCUT2D eigenvalue weighted by atomic mass is 19.4. The zero-order valence-corrected chi connectivity index (χ0v) is 11.4. The first kappa shape index (κ1) is 14.3. The highest BCUT2D eigenvalue weighted by Gasteiger charge is 2.31. The SMILES string of the molecule is N#Cc1cnc(N2CCc3cc(C(F)(F)F)ccc3C2)cn1. The van der Waals surface area contributed by atoms with E-state index in [0.29, 0.717) is 30.9 Å². The van der Waals surface area contributed by atoms with Crippen LogP contribution in [0, 0.1) is 11.3 Å². The fraction of sp³-hybridized carbons (Fsp3) is 0.267. The van der Waals surface area contributed by atoms with E-state index in [1.54, 1.807) is 0 Å². The molecule has 0 N–H and O–H groups in total. The molecule has 112 valence electrons. The molecule has 1 aliphatic heterocycles. The lowest BCUT2D eigenvalue weighted by molar-refractivity contribution is -0.137. The summed E-state index contributed by atoms with van der Waals surface area (Å²) in [5, 5.41) is 8.70. The number of nitrogens with zero attached hydrogens (tertiary/aromatic N) is 4. The molecule has 0 saturated heterocycles. The highest BCUT2D eigenvalue weighted by Crippen LogP contribution is 2.32. The Balaban J connectivity index is 1.83. The van der Waals surface area contributed by atoms with Gasteiger partial charge >= 0.3 is 6.18 Å². The number of halogens is 3. The van der Waals surface area contributed by atoms with Crippen molar-refractivity contribution >= 4 is 5.82 Å².